The molecule has 1 unspecified atom stereocenters. The van der Waals surface area contributed by atoms with Crippen molar-refractivity contribution in [2.75, 3.05) is 0 Å². The van der Waals surface area contributed by atoms with Crippen molar-refractivity contribution in [2.24, 2.45) is 11.7 Å². The van der Waals surface area contributed by atoms with Gasteiger partial charge in [0.15, 0.2) is 0 Å². The lowest BCUT2D eigenvalue weighted by Crippen LogP contribution is -2.30. The molecule has 0 rings (SSSR count). The topological polar surface area (TPSA) is 52.3 Å². The summed E-state index contributed by atoms with van der Waals surface area (Å²) < 4.78 is 5.22. The normalized spacial score (nSPS) is 13.9. The molecule has 1 atom stereocenters. The Bertz CT molecular complexity index is 206. The summed E-state index contributed by atoms with van der Waals surface area (Å²) in [6, 6.07) is -0.0615. The Kier molecular flexibility index (Phi) is 6.65. The van der Waals surface area contributed by atoms with E-state index in [1.54, 1.807) is 0 Å². The van der Waals surface area contributed by atoms with Crippen LogP contribution in [0.1, 0.15) is 60.3 Å². The van der Waals surface area contributed by atoms with Crippen LogP contribution in [-0.2, 0) is 9.53 Å². The molecule has 0 bridgehead atoms. The molecule has 0 aliphatic carbocycles. The van der Waals surface area contributed by atoms with Crippen molar-refractivity contribution in [1.82, 2.24) is 0 Å². The molecular weight excluding hydrogens is 202 g/mol. The van der Waals surface area contributed by atoms with Gasteiger partial charge in [-0.1, -0.05) is 26.7 Å². The molecule has 0 amide bonds. The van der Waals surface area contributed by atoms with Gasteiger partial charge in [0, 0.05) is 6.04 Å². The lowest BCUT2D eigenvalue weighted by Gasteiger charge is -2.21. The van der Waals surface area contributed by atoms with Crippen LogP contribution in [0.4, 0.5) is 0 Å². The average molecular weight is 229 g/mol. The Morgan fingerprint density at radius 1 is 1.25 bits per heavy atom. The minimum Gasteiger partial charge on any atom is -0.460 e. The van der Waals surface area contributed by atoms with E-state index in [2.05, 4.69) is 13.8 Å². The van der Waals surface area contributed by atoms with Gasteiger partial charge in [-0.2, -0.15) is 0 Å². The molecule has 0 aliphatic heterocycles. The monoisotopic (exact) mass is 229 g/mol. The summed E-state index contributed by atoms with van der Waals surface area (Å²) in [7, 11) is 0. The molecule has 0 aromatic heterocycles. The Morgan fingerprint density at radius 3 is 2.25 bits per heavy atom. The third kappa shape index (κ3) is 9.97. The first-order valence-electron chi connectivity index (χ1n) is 6.18. The fraction of sp³-hybridized carbons (Fsp3) is 0.923. The maximum atomic E-state index is 11.5. The molecule has 0 aromatic rings. The number of esters is 1. The zero-order chi connectivity index (χ0) is 12.8. The van der Waals surface area contributed by atoms with Crippen LogP contribution in [0.5, 0.6) is 0 Å². The second kappa shape index (κ2) is 6.89. The van der Waals surface area contributed by atoms with E-state index in [1.807, 2.05) is 20.8 Å². The molecule has 0 aromatic carbocycles. The van der Waals surface area contributed by atoms with Crippen molar-refractivity contribution in [3.05, 3.63) is 0 Å². The largest absolute Gasteiger partial charge is 0.460 e. The predicted octanol–water partition coefficient (Wildman–Crippen LogP) is 2.87. The van der Waals surface area contributed by atoms with Crippen molar-refractivity contribution in [2.45, 2.75) is 71.9 Å². The molecule has 16 heavy (non-hydrogen) atoms. The van der Waals surface area contributed by atoms with Gasteiger partial charge >= 0.3 is 5.97 Å². The van der Waals surface area contributed by atoms with Gasteiger partial charge in [0.2, 0.25) is 0 Å². The molecular formula is C13H27NO2. The van der Waals surface area contributed by atoms with Crippen LogP contribution in [-0.4, -0.2) is 17.6 Å². The van der Waals surface area contributed by atoms with Gasteiger partial charge in [0.25, 0.3) is 0 Å². The SMILES string of the molecule is CC(C)CCCC(N)CC(=O)OC(C)(C)C. The molecule has 0 fully saturated rings. The first-order chi connectivity index (χ1) is 7.20. The van der Waals surface area contributed by atoms with E-state index in [4.69, 9.17) is 10.5 Å². The van der Waals surface area contributed by atoms with Gasteiger partial charge in [0.1, 0.15) is 5.60 Å². The summed E-state index contributed by atoms with van der Waals surface area (Å²) in [5.41, 5.74) is 5.47. The molecule has 96 valence electrons. The minimum absolute atomic E-state index is 0.0615. The maximum absolute atomic E-state index is 11.5. The third-order valence-electron chi connectivity index (χ3n) is 2.21. The van der Waals surface area contributed by atoms with E-state index < -0.39 is 5.60 Å². The Morgan fingerprint density at radius 2 is 1.81 bits per heavy atom. The molecule has 0 saturated carbocycles. The number of hydrogen-bond donors (Lipinski definition) is 1. The van der Waals surface area contributed by atoms with E-state index in [0.29, 0.717) is 12.3 Å². The smallest absolute Gasteiger partial charge is 0.307 e. The fourth-order valence-corrected chi connectivity index (χ4v) is 1.49. The Labute approximate surface area is 99.7 Å². The van der Waals surface area contributed by atoms with Crippen LogP contribution in [0.3, 0.4) is 0 Å². The highest BCUT2D eigenvalue weighted by atomic mass is 16.6. The van der Waals surface area contributed by atoms with Crippen molar-refractivity contribution in [3.8, 4) is 0 Å². The van der Waals surface area contributed by atoms with Gasteiger partial charge in [0.05, 0.1) is 6.42 Å². The number of carbonyl (C=O) groups excluding carboxylic acids is 1. The quantitative estimate of drug-likeness (QED) is 0.712. The maximum Gasteiger partial charge on any atom is 0.307 e. The summed E-state index contributed by atoms with van der Waals surface area (Å²) in [6.07, 6.45) is 3.48. The van der Waals surface area contributed by atoms with Crippen molar-refractivity contribution in [3.63, 3.8) is 0 Å². The summed E-state index contributed by atoms with van der Waals surface area (Å²) in [4.78, 5) is 11.5. The van der Waals surface area contributed by atoms with Crippen LogP contribution < -0.4 is 5.73 Å². The predicted molar refractivity (Wildman–Crippen MR) is 67.1 cm³/mol. The molecule has 3 nitrogen and oxygen atoms in total. The number of nitrogens with two attached hydrogens (primary N) is 1. The Balaban J connectivity index is 3.70. The molecule has 0 spiro atoms. The van der Waals surface area contributed by atoms with Crippen molar-refractivity contribution >= 4 is 5.97 Å². The van der Waals surface area contributed by atoms with Crippen LogP contribution in [0, 0.1) is 5.92 Å². The minimum atomic E-state index is -0.408. The van der Waals surface area contributed by atoms with E-state index in [-0.39, 0.29) is 12.0 Å². The second-order valence-corrected chi connectivity index (χ2v) is 5.88. The van der Waals surface area contributed by atoms with Gasteiger partial charge in [-0.25, -0.2) is 0 Å². The summed E-state index contributed by atoms with van der Waals surface area (Å²) >= 11 is 0. The van der Waals surface area contributed by atoms with Crippen LogP contribution in [0.25, 0.3) is 0 Å². The molecule has 0 heterocycles. The summed E-state index contributed by atoms with van der Waals surface area (Å²) in [5.74, 6) is 0.512. The van der Waals surface area contributed by atoms with Gasteiger partial charge in [-0.15, -0.1) is 0 Å². The lowest BCUT2D eigenvalue weighted by molar-refractivity contribution is -0.155. The van der Waals surface area contributed by atoms with Crippen LogP contribution in [0.2, 0.25) is 0 Å². The molecule has 0 saturated heterocycles. The third-order valence-corrected chi connectivity index (χ3v) is 2.21. The van der Waals surface area contributed by atoms with Crippen LogP contribution in [0.15, 0.2) is 0 Å². The van der Waals surface area contributed by atoms with Crippen molar-refractivity contribution < 1.29 is 9.53 Å². The molecule has 0 aliphatic rings. The summed E-state index contributed by atoms with van der Waals surface area (Å²) in [5, 5.41) is 0. The van der Waals surface area contributed by atoms with E-state index >= 15 is 0 Å². The first-order valence-corrected chi connectivity index (χ1v) is 6.18. The van der Waals surface area contributed by atoms with E-state index in [1.165, 1.54) is 6.42 Å². The van der Waals surface area contributed by atoms with Crippen molar-refractivity contribution in [1.29, 1.82) is 0 Å². The van der Waals surface area contributed by atoms with E-state index in [9.17, 15) is 4.79 Å². The first kappa shape index (κ1) is 15.4. The van der Waals surface area contributed by atoms with Gasteiger partial charge < -0.3 is 10.5 Å². The average Bonchev–Trinajstić information content (AvgIpc) is 1.98. The highest BCUT2D eigenvalue weighted by Gasteiger charge is 2.18. The standard InChI is InChI=1S/C13H27NO2/c1-10(2)7-6-8-11(14)9-12(15)16-13(3,4)5/h10-11H,6-9,14H2,1-5H3. The fourth-order valence-electron chi connectivity index (χ4n) is 1.49. The highest BCUT2D eigenvalue weighted by Crippen LogP contribution is 2.12. The molecule has 2 N–H and O–H groups in total. The number of ether oxygens (including phenoxy) is 1. The zero-order valence-corrected chi connectivity index (χ0v) is 11.4. The zero-order valence-electron chi connectivity index (χ0n) is 11.4. The highest BCUT2D eigenvalue weighted by molar-refractivity contribution is 5.70. The second-order valence-electron chi connectivity index (χ2n) is 5.88. The molecule has 0 radical (unpaired) electrons. The number of rotatable bonds is 6. The molecule has 3 heteroatoms. The van der Waals surface area contributed by atoms with Gasteiger partial charge in [-0.05, 0) is 33.1 Å². The number of carbonyl (C=O) groups is 1. The van der Waals surface area contributed by atoms with Crippen LogP contribution >= 0.6 is 0 Å². The Hall–Kier alpha value is -0.570. The van der Waals surface area contributed by atoms with Gasteiger partial charge in [-0.3, -0.25) is 4.79 Å². The lowest BCUT2D eigenvalue weighted by atomic mass is 10.0. The van der Waals surface area contributed by atoms with E-state index in [0.717, 1.165) is 12.8 Å². The number of hydrogen-bond acceptors (Lipinski definition) is 3. The summed E-state index contributed by atoms with van der Waals surface area (Å²) in [6.45, 7) is 10.00.